The van der Waals surface area contributed by atoms with Crippen LogP contribution < -0.4 is 10.6 Å². The van der Waals surface area contributed by atoms with Gasteiger partial charge in [0.15, 0.2) is 0 Å². The van der Waals surface area contributed by atoms with E-state index in [-0.39, 0.29) is 30.8 Å². The quantitative estimate of drug-likeness (QED) is 0.550. The van der Waals surface area contributed by atoms with Gasteiger partial charge < -0.3 is 20.6 Å². The number of carbonyl (C=O) groups is 3. The van der Waals surface area contributed by atoms with Crippen molar-refractivity contribution < 1.29 is 19.5 Å². The maximum Gasteiger partial charge on any atom is 0.305 e. The number of aliphatic carboxylic acids is 1. The lowest BCUT2D eigenvalue weighted by molar-refractivity contribution is -0.139. The Morgan fingerprint density at radius 3 is 2.90 bits per heavy atom. The highest BCUT2D eigenvalue weighted by molar-refractivity contribution is 5.85. The van der Waals surface area contributed by atoms with Crippen molar-refractivity contribution in [2.24, 2.45) is 0 Å². The van der Waals surface area contributed by atoms with Gasteiger partial charge in [0.05, 0.1) is 13.0 Å². The van der Waals surface area contributed by atoms with Crippen molar-refractivity contribution in [3.05, 3.63) is 23.4 Å². The number of aryl methyl sites for hydroxylation is 1. The lowest BCUT2D eigenvalue weighted by Gasteiger charge is -2.23. The number of hydrogen-bond acceptors (Lipinski definition) is 5. The van der Waals surface area contributed by atoms with Crippen molar-refractivity contribution in [3.8, 4) is 0 Å². The number of pyridine rings is 1. The number of aromatic nitrogens is 1. The lowest BCUT2D eigenvalue weighted by atomic mass is 9.97. The van der Waals surface area contributed by atoms with Crippen molar-refractivity contribution in [2.75, 3.05) is 18.4 Å². The topological polar surface area (TPSA) is 112 Å². The molecule has 1 aliphatic carbocycles. The molecule has 3 N–H and O–H groups in total. The first-order valence-electron chi connectivity index (χ1n) is 10.4. The van der Waals surface area contributed by atoms with Crippen LogP contribution in [0.5, 0.6) is 0 Å². The summed E-state index contributed by atoms with van der Waals surface area (Å²) in [4.78, 5) is 41.7. The van der Waals surface area contributed by atoms with Gasteiger partial charge in [0.2, 0.25) is 11.8 Å². The molecule has 0 saturated heterocycles. The standard InChI is InChI=1S/C21H30N4O4/c1-14(12-20(28)29)24-18(26)13-25(16-7-8-16)19(27)6-2-4-15-9-11-23-21-17(15)5-3-10-22-21/h9,11,14,16H,2-8,10,12-13H2,1H3,(H,22,23)(H,24,26)(H,28,29)/t14-/m1/s1. The molecule has 2 aliphatic rings. The summed E-state index contributed by atoms with van der Waals surface area (Å²) >= 11 is 0. The van der Waals surface area contributed by atoms with E-state index in [0.717, 1.165) is 50.9 Å². The third kappa shape index (κ3) is 6.17. The minimum Gasteiger partial charge on any atom is -0.481 e. The zero-order valence-corrected chi connectivity index (χ0v) is 16.9. The summed E-state index contributed by atoms with van der Waals surface area (Å²) < 4.78 is 0. The molecule has 1 aromatic rings. The molecule has 1 atom stereocenters. The number of anilines is 1. The highest BCUT2D eigenvalue weighted by atomic mass is 16.4. The fourth-order valence-electron chi connectivity index (χ4n) is 3.84. The number of nitrogens with one attached hydrogen (secondary N) is 2. The third-order valence-electron chi connectivity index (χ3n) is 5.40. The van der Waals surface area contributed by atoms with Gasteiger partial charge >= 0.3 is 5.97 Å². The van der Waals surface area contributed by atoms with Gasteiger partial charge in [-0.05, 0) is 62.6 Å². The molecule has 3 rings (SSSR count). The van der Waals surface area contributed by atoms with Gasteiger partial charge in [-0.25, -0.2) is 4.98 Å². The zero-order chi connectivity index (χ0) is 20.8. The molecule has 1 saturated carbocycles. The van der Waals surface area contributed by atoms with Crippen molar-refractivity contribution >= 4 is 23.6 Å². The maximum atomic E-state index is 12.7. The molecule has 158 valence electrons. The van der Waals surface area contributed by atoms with Crippen LogP contribution in [-0.4, -0.2) is 57.9 Å². The van der Waals surface area contributed by atoms with Crippen LogP contribution in [0, 0.1) is 0 Å². The second kappa shape index (κ2) is 9.71. The van der Waals surface area contributed by atoms with Gasteiger partial charge in [0.25, 0.3) is 0 Å². The Labute approximate surface area is 171 Å². The summed E-state index contributed by atoms with van der Waals surface area (Å²) in [5.74, 6) is -0.295. The van der Waals surface area contributed by atoms with E-state index in [1.165, 1.54) is 11.1 Å². The van der Waals surface area contributed by atoms with E-state index in [4.69, 9.17) is 5.11 Å². The zero-order valence-electron chi connectivity index (χ0n) is 16.9. The maximum absolute atomic E-state index is 12.7. The van der Waals surface area contributed by atoms with Gasteiger partial charge in [-0.15, -0.1) is 0 Å². The van der Waals surface area contributed by atoms with E-state index in [9.17, 15) is 14.4 Å². The van der Waals surface area contributed by atoms with E-state index < -0.39 is 12.0 Å². The second-order valence-corrected chi connectivity index (χ2v) is 8.00. The monoisotopic (exact) mass is 402 g/mol. The molecule has 8 nitrogen and oxygen atoms in total. The number of carboxylic acids is 1. The van der Waals surface area contributed by atoms with Crippen LogP contribution in [0.4, 0.5) is 5.82 Å². The number of hydrogen-bond donors (Lipinski definition) is 3. The van der Waals surface area contributed by atoms with E-state index in [0.29, 0.717) is 6.42 Å². The predicted molar refractivity (Wildman–Crippen MR) is 109 cm³/mol. The molecule has 1 fully saturated rings. The summed E-state index contributed by atoms with van der Waals surface area (Å²) in [6.45, 7) is 2.60. The molecule has 2 heterocycles. The Morgan fingerprint density at radius 1 is 1.38 bits per heavy atom. The molecule has 8 heteroatoms. The summed E-state index contributed by atoms with van der Waals surface area (Å²) in [7, 11) is 0. The molecule has 0 radical (unpaired) electrons. The van der Waals surface area contributed by atoms with Crippen molar-refractivity contribution in [1.29, 1.82) is 0 Å². The van der Waals surface area contributed by atoms with Crippen LogP contribution in [-0.2, 0) is 27.2 Å². The average molecular weight is 402 g/mol. The van der Waals surface area contributed by atoms with Crippen LogP contribution in [0.15, 0.2) is 12.3 Å². The van der Waals surface area contributed by atoms with Crippen LogP contribution in [0.2, 0.25) is 0 Å². The number of nitrogens with zero attached hydrogens (tertiary/aromatic N) is 2. The molecule has 0 aromatic carbocycles. The highest BCUT2D eigenvalue weighted by Gasteiger charge is 2.33. The largest absolute Gasteiger partial charge is 0.481 e. The lowest BCUT2D eigenvalue weighted by Crippen LogP contribution is -2.44. The molecule has 0 bridgehead atoms. The smallest absolute Gasteiger partial charge is 0.305 e. The van der Waals surface area contributed by atoms with Crippen LogP contribution >= 0.6 is 0 Å². The number of fused-ring (bicyclic) bond motifs is 1. The third-order valence-corrected chi connectivity index (χ3v) is 5.40. The Bertz CT molecular complexity index is 763. The molecular weight excluding hydrogens is 372 g/mol. The highest BCUT2D eigenvalue weighted by Crippen LogP contribution is 2.28. The number of carbonyl (C=O) groups excluding carboxylic acids is 2. The SMILES string of the molecule is C[C@H](CC(=O)O)NC(=O)CN(C(=O)CCCc1ccnc2c1CCCN2)C1CC1. The fraction of sp³-hybridized carbons (Fsp3) is 0.619. The second-order valence-electron chi connectivity index (χ2n) is 8.00. The van der Waals surface area contributed by atoms with Gasteiger partial charge in [0, 0.05) is 31.2 Å². The van der Waals surface area contributed by atoms with E-state index in [2.05, 4.69) is 15.6 Å². The van der Waals surface area contributed by atoms with Gasteiger partial charge in [0.1, 0.15) is 5.82 Å². The number of amides is 2. The van der Waals surface area contributed by atoms with Crippen molar-refractivity contribution in [3.63, 3.8) is 0 Å². The Morgan fingerprint density at radius 2 is 2.17 bits per heavy atom. The molecule has 1 aromatic heterocycles. The van der Waals surface area contributed by atoms with Crippen LogP contribution in [0.1, 0.15) is 56.6 Å². The molecule has 0 spiro atoms. The minimum absolute atomic E-state index is 0.00202. The summed E-state index contributed by atoms with van der Waals surface area (Å²) in [6.07, 6.45) is 7.59. The van der Waals surface area contributed by atoms with E-state index in [1.807, 2.05) is 12.3 Å². The molecular formula is C21H30N4O4. The Kier molecular flexibility index (Phi) is 7.06. The van der Waals surface area contributed by atoms with Crippen molar-refractivity contribution in [2.45, 2.75) is 70.4 Å². The molecule has 29 heavy (non-hydrogen) atoms. The first-order chi connectivity index (χ1) is 13.9. The fourth-order valence-corrected chi connectivity index (χ4v) is 3.84. The van der Waals surface area contributed by atoms with Gasteiger partial charge in [-0.3, -0.25) is 14.4 Å². The van der Waals surface area contributed by atoms with Crippen LogP contribution in [0.25, 0.3) is 0 Å². The predicted octanol–water partition coefficient (Wildman–Crippen LogP) is 1.73. The minimum atomic E-state index is -0.957. The molecule has 0 unspecified atom stereocenters. The Hall–Kier alpha value is -2.64. The number of rotatable bonds is 10. The van der Waals surface area contributed by atoms with Crippen molar-refractivity contribution in [1.82, 2.24) is 15.2 Å². The average Bonchev–Trinajstić information content (AvgIpc) is 3.50. The van der Waals surface area contributed by atoms with Gasteiger partial charge in [-0.2, -0.15) is 0 Å². The van der Waals surface area contributed by atoms with E-state index >= 15 is 0 Å². The first kappa shape index (κ1) is 21.1. The normalized spacial score (nSPS) is 16.3. The van der Waals surface area contributed by atoms with Gasteiger partial charge in [-0.1, -0.05) is 0 Å². The molecule has 2 amide bonds. The van der Waals surface area contributed by atoms with Crippen LogP contribution in [0.3, 0.4) is 0 Å². The van der Waals surface area contributed by atoms with E-state index in [1.54, 1.807) is 11.8 Å². The summed E-state index contributed by atoms with van der Waals surface area (Å²) in [5, 5.41) is 14.8. The summed E-state index contributed by atoms with van der Waals surface area (Å²) in [6, 6.07) is 1.72. The Balaban J connectivity index is 1.49. The number of carboxylic acid groups (broad SMARTS) is 1. The first-order valence-corrected chi connectivity index (χ1v) is 10.4. The summed E-state index contributed by atoms with van der Waals surface area (Å²) in [5.41, 5.74) is 2.50. The molecule has 1 aliphatic heterocycles.